The van der Waals surface area contributed by atoms with E-state index < -0.39 is 35.6 Å². The number of hydrogen-bond acceptors (Lipinski definition) is 5. The van der Waals surface area contributed by atoms with Crippen LogP contribution < -0.4 is 9.47 Å². The Balaban J connectivity index is 1.98. The van der Waals surface area contributed by atoms with Crippen molar-refractivity contribution in [3.05, 3.63) is 77.4 Å². The lowest BCUT2D eigenvalue weighted by atomic mass is 10.0. The van der Waals surface area contributed by atoms with E-state index in [1.807, 2.05) is 0 Å². The third-order valence-electron chi connectivity index (χ3n) is 4.20. The summed E-state index contributed by atoms with van der Waals surface area (Å²) >= 11 is 0. The number of rotatable bonds is 6. The molecule has 3 aromatic rings. The van der Waals surface area contributed by atoms with Crippen LogP contribution in [0.3, 0.4) is 0 Å². The highest BCUT2D eigenvalue weighted by molar-refractivity contribution is 5.97. The number of aromatic nitrogens is 1. The fourth-order valence-electron chi connectivity index (χ4n) is 2.73. The van der Waals surface area contributed by atoms with Crippen LogP contribution >= 0.6 is 0 Å². The zero-order valence-corrected chi connectivity index (χ0v) is 15.7. The minimum absolute atomic E-state index is 0.0224. The third kappa shape index (κ3) is 4.58. The number of ketones is 1. The molecule has 0 amide bonds. The van der Waals surface area contributed by atoms with Gasteiger partial charge in [0.2, 0.25) is 5.88 Å². The second kappa shape index (κ2) is 8.66. The number of alkyl halides is 3. The average Bonchev–Trinajstić information content (AvgIpc) is 2.76. The van der Waals surface area contributed by atoms with Crippen molar-refractivity contribution in [3.63, 3.8) is 0 Å². The molecule has 0 aliphatic rings. The summed E-state index contributed by atoms with van der Waals surface area (Å²) in [6.45, 7) is -0.593. The fraction of sp³-hybridized carbons (Fsp3) is 0.136. The van der Waals surface area contributed by atoms with Gasteiger partial charge in [0, 0.05) is 11.1 Å². The van der Waals surface area contributed by atoms with Crippen molar-refractivity contribution >= 4 is 5.78 Å². The summed E-state index contributed by atoms with van der Waals surface area (Å²) < 4.78 is 51.0. The Morgan fingerprint density at radius 3 is 2.47 bits per heavy atom. The van der Waals surface area contributed by atoms with Gasteiger partial charge in [0.1, 0.15) is 17.4 Å². The van der Waals surface area contributed by atoms with E-state index in [0.717, 1.165) is 6.07 Å². The lowest BCUT2D eigenvalue weighted by molar-refractivity contribution is -0.137. The van der Waals surface area contributed by atoms with Crippen molar-refractivity contribution in [1.29, 1.82) is 5.26 Å². The summed E-state index contributed by atoms with van der Waals surface area (Å²) in [5.41, 5.74) is -1.31. The van der Waals surface area contributed by atoms with E-state index in [1.54, 1.807) is 42.5 Å². The Morgan fingerprint density at radius 2 is 1.83 bits per heavy atom. The molecule has 0 spiro atoms. The van der Waals surface area contributed by atoms with Gasteiger partial charge in [-0.3, -0.25) is 4.79 Å². The summed E-state index contributed by atoms with van der Waals surface area (Å²) in [6, 6.07) is 16.7. The highest BCUT2D eigenvalue weighted by atomic mass is 19.4. The lowest BCUT2D eigenvalue weighted by Crippen LogP contribution is -2.16. The van der Waals surface area contributed by atoms with Gasteiger partial charge < -0.3 is 9.47 Å². The first-order valence-electron chi connectivity index (χ1n) is 8.71. The molecule has 0 unspecified atom stereocenters. The van der Waals surface area contributed by atoms with Crippen molar-refractivity contribution in [2.45, 2.75) is 6.18 Å². The molecule has 2 aromatic carbocycles. The van der Waals surface area contributed by atoms with Gasteiger partial charge in [-0.05, 0) is 18.2 Å². The standard InChI is InChI=1S/C22H15F3N2O3/c1-29-16-9-5-8-15(10-16)20(28)13-30-21-17(12-26)18(22(23,24)25)11-19(27-21)14-6-3-2-4-7-14/h2-11H,13H2,1H3. The number of methoxy groups -OCH3 is 1. The maximum atomic E-state index is 13.5. The zero-order chi connectivity index (χ0) is 21.7. The van der Waals surface area contributed by atoms with Gasteiger partial charge in [0.15, 0.2) is 12.4 Å². The molecule has 8 heteroatoms. The van der Waals surface area contributed by atoms with E-state index in [4.69, 9.17) is 9.47 Å². The molecule has 0 N–H and O–H groups in total. The van der Waals surface area contributed by atoms with Crippen LogP contribution in [-0.4, -0.2) is 24.5 Å². The Hall–Kier alpha value is -3.86. The topological polar surface area (TPSA) is 72.2 Å². The zero-order valence-electron chi connectivity index (χ0n) is 15.7. The van der Waals surface area contributed by atoms with Gasteiger partial charge in [-0.25, -0.2) is 4.98 Å². The number of benzene rings is 2. The molecule has 152 valence electrons. The highest BCUT2D eigenvalue weighted by Crippen LogP contribution is 2.37. The number of ether oxygens (including phenoxy) is 2. The quantitative estimate of drug-likeness (QED) is 0.538. The van der Waals surface area contributed by atoms with Crippen LogP contribution in [0.4, 0.5) is 13.2 Å². The maximum Gasteiger partial charge on any atom is 0.417 e. The minimum Gasteiger partial charge on any atom is -0.497 e. The molecule has 0 radical (unpaired) electrons. The summed E-state index contributed by atoms with van der Waals surface area (Å²) in [7, 11) is 1.44. The normalized spacial score (nSPS) is 10.9. The predicted octanol–water partition coefficient (Wildman–Crippen LogP) is 4.91. The van der Waals surface area contributed by atoms with Gasteiger partial charge in [0.05, 0.1) is 18.4 Å². The third-order valence-corrected chi connectivity index (χ3v) is 4.20. The lowest BCUT2D eigenvalue weighted by Gasteiger charge is -2.15. The first kappa shape index (κ1) is 20.9. The molecular weight excluding hydrogens is 397 g/mol. The molecule has 0 aliphatic heterocycles. The molecule has 30 heavy (non-hydrogen) atoms. The molecular formula is C22H15F3N2O3. The van der Waals surface area contributed by atoms with Crippen LogP contribution in [0.15, 0.2) is 60.7 Å². The molecule has 0 saturated carbocycles. The van der Waals surface area contributed by atoms with E-state index in [9.17, 15) is 23.2 Å². The molecule has 1 aromatic heterocycles. The number of hydrogen-bond donors (Lipinski definition) is 0. The van der Waals surface area contributed by atoms with Gasteiger partial charge in [0.25, 0.3) is 0 Å². The van der Waals surface area contributed by atoms with E-state index in [2.05, 4.69) is 4.98 Å². The molecule has 0 saturated heterocycles. The second-order valence-electron chi connectivity index (χ2n) is 6.15. The number of carbonyl (C=O) groups is 1. The van der Waals surface area contributed by atoms with Crippen LogP contribution in [0.5, 0.6) is 11.6 Å². The van der Waals surface area contributed by atoms with Crippen LogP contribution in [0, 0.1) is 11.3 Å². The number of carbonyl (C=O) groups excluding carboxylic acids is 1. The summed E-state index contributed by atoms with van der Waals surface area (Å²) in [4.78, 5) is 16.5. The summed E-state index contributed by atoms with van der Waals surface area (Å²) in [6.07, 6.45) is -4.80. The Morgan fingerprint density at radius 1 is 1.10 bits per heavy atom. The summed E-state index contributed by atoms with van der Waals surface area (Å²) in [5.74, 6) is -0.609. The number of halogens is 3. The minimum atomic E-state index is -4.80. The van der Waals surface area contributed by atoms with Gasteiger partial charge in [-0.15, -0.1) is 0 Å². The van der Waals surface area contributed by atoms with Crippen LogP contribution in [0.1, 0.15) is 21.5 Å². The molecule has 5 nitrogen and oxygen atoms in total. The van der Waals surface area contributed by atoms with Crippen molar-refractivity contribution < 1.29 is 27.4 Å². The van der Waals surface area contributed by atoms with Crippen molar-refractivity contribution in [3.8, 4) is 29.0 Å². The molecule has 0 aliphatic carbocycles. The Kier molecular flexibility index (Phi) is 6.02. The monoisotopic (exact) mass is 412 g/mol. The van der Waals surface area contributed by atoms with E-state index in [-0.39, 0.29) is 11.3 Å². The van der Waals surface area contributed by atoms with E-state index in [0.29, 0.717) is 11.3 Å². The number of nitrogens with zero attached hydrogens (tertiary/aromatic N) is 2. The van der Waals surface area contributed by atoms with Crippen molar-refractivity contribution in [1.82, 2.24) is 4.98 Å². The molecule has 1 heterocycles. The Bertz CT molecular complexity index is 1110. The fourth-order valence-corrected chi connectivity index (χ4v) is 2.73. The first-order chi connectivity index (χ1) is 14.3. The van der Waals surface area contributed by atoms with Crippen molar-refractivity contribution in [2.24, 2.45) is 0 Å². The molecule has 0 atom stereocenters. The molecule has 3 rings (SSSR count). The first-order valence-corrected chi connectivity index (χ1v) is 8.71. The van der Waals surface area contributed by atoms with Gasteiger partial charge >= 0.3 is 6.18 Å². The molecule has 0 bridgehead atoms. The van der Waals surface area contributed by atoms with E-state index in [1.165, 1.54) is 25.3 Å². The average molecular weight is 412 g/mol. The summed E-state index contributed by atoms with van der Waals surface area (Å²) in [5, 5.41) is 9.30. The van der Waals surface area contributed by atoms with Crippen LogP contribution in [0.25, 0.3) is 11.3 Å². The second-order valence-corrected chi connectivity index (χ2v) is 6.15. The van der Waals surface area contributed by atoms with E-state index >= 15 is 0 Å². The van der Waals surface area contributed by atoms with Crippen LogP contribution in [-0.2, 0) is 6.18 Å². The SMILES string of the molecule is COc1cccc(C(=O)COc2nc(-c3ccccc3)cc(C(F)(F)F)c2C#N)c1. The predicted molar refractivity (Wildman–Crippen MR) is 102 cm³/mol. The number of pyridine rings is 1. The van der Waals surface area contributed by atoms with Gasteiger partial charge in [-0.1, -0.05) is 42.5 Å². The number of Topliss-reactive ketones (excluding diaryl/α,β-unsaturated/α-hetero) is 1. The van der Waals surface area contributed by atoms with Crippen molar-refractivity contribution in [2.75, 3.05) is 13.7 Å². The maximum absolute atomic E-state index is 13.5. The molecule has 0 fully saturated rings. The smallest absolute Gasteiger partial charge is 0.417 e. The Labute approximate surface area is 170 Å². The largest absolute Gasteiger partial charge is 0.497 e. The van der Waals surface area contributed by atoms with Crippen LogP contribution in [0.2, 0.25) is 0 Å². The highest BCUT2D eigenvalue weighted by Gasteiger charge is 2.36. The number of nitriles is 1. The van der Waals surface area contributed by atoms with Gasteiger partial charge in [-0.2, -0.15) is 18.4 Å².